The number of piperazine rings is 1. The van der Waals surface area contributed by atoms with Gasteiger partial charge in [0, 0.05) is 5.69 Å². The van der Waals surface area contributed by atoms with Crippen molar-refractivity contribution in [2.45, 2.75) is 38.8 Å². The maximum absolute atomic E-state index is 12.7. The number of halogens is 1. The van der Waals surface area contributed by atoms with Crippen LogP contribution in [-0.2, 0) is 9.59 Å². The van der Waals surface area contributed by atoms with Crippen molar-refractivity contribution >= 4 is 29.1 Å². The first-order valence-corrected chi connectivity index (χ1v) is 7.21. The molecule has 1 aromatic rings. The van der Waals surface area contributed by atoms with E-state index < -0.39 is 11.6 Å². The molecule has 0 aromatic heterocycles. The Morgan fingerprint density at radius 3 is 2.62 bits per heavy atom. The number of anilines is 1. The molecule has 2 rings (SSSR count). The number of benzene rings is 1. The maximum Gasteiger partial charge on any atom is 0.253 e. The van der Waals surface area contributed by atoms with Crippen molar-refractivity contribution in [2.75, 3.05) is 12.0 Å². The standard InChI is InChI=1S/C15H19ClN2O3/c1-5-15(3)14(20)18(9(2)13(19)17-15)10-6-7-12(21-4)11(16)8-10/h6-9H,5H2,1-4H3,(H,17,19). The molecule has 0 radical (unpaired) electrons. The summed E-state index contributed by atoms with van der Waals surface area (Å²) in [7, 11) is 1.52. The molecular formula is C15H19ClN2O3. The van der Waals surface area contributed by atoms with Crippen molar-refractivity contribution in [3.05, 3.63) is 23.2 Å². The predicted octanol–water partition coefficient (Wildman–Crippen LogP) is 2.37. The van der Waals surface area contributed by atoms with Gasteiger partial charge in [0.05, 0.1) is 12.1 Å². The van der Waals surface area contributed by atoms with Gasteiger partial charge in [-0.15, -0.1) is 0 Å². The van der Waals surface area contributed by atoms with Crippen LogP contribution in [0.3, 0.4) is 0 Å². The number of carbonyl (C=O) groups excluding carboxylic acids is 2. The summed E-state index contributed by atoms with van der Waals surface area (Å²) >= 11 is 6.12. The van der Waals surface area contributed by atoms with Crippen molar-refractivity contribution in [1.82, 2.24) is 5.32 Å². The number of carbonyl (C=O) groups is 2. The van der Waals surface area contributed by atoms with E-state index in [4.69, 9.17) is 16.3 Å². The number of nitrogens with one attached hydrogen (secondary N) is 1. The van der Waals surface area contributed by atoms with Crippen molar-refractivity contribution in [2.24, 2.45) is 0 Å². The van der Waals surface area contributed by atoms with Gasteiger partial charge in [-0.3, -0.25) is 14.5 Å². The van der Waals surface area contributed by atoms with Gasteiger partial charge in [0.15, 0.2) is 0 Å². The highest BCUT2D eigenvalue weighted by molar-refractivity contribution is 6.32. The summed E-state index contributed by atoms with van der Waals surface area (Å²) in [6.07, 6.45) is 0.519. The van der Waals surface area contributed by atoms with E-state index in [1.165, 1.54) is 12.0 Å². The highest BCUT2D eigenvalue weighted by Crippen LogP contribution is 2.33. The summed E-state index contributed by atoms with van der Waals surface area (Å²) in [5.41, 5.74) is -0.302. The minimum atomic E-state index is -0.893. The van der Waals surface area contributed by atoms with Gasteiger partial charge >= 0.3 is 0 Å². The normalized spacial score (nSPS) is 25.8. The van der Waals surface area contributed by atoms with Gasteiger partial charge in [-0.2, -0.15) is 0 Å². The highest BCUT2D eigenvalue weighted by Gasteiger charge is 2.46. The van der Waals surface area contributed by atoms with Crippen LogP contribution in [0.2, 0.25) is 5.02 Å². The largest absolute Gasteiger partial charge is 0.495 e. The van der Waals surface area contributed by atoms with E-state index >= 15 is 0 Å². The molecule has 5 nitrogen and oxygen atoms in total. The Hall–Kier alpha value is -1.75. The van der Waals surface area contributed by atoms with Crippen LogP contribution in [0, 0.1) is 0 Å². The molecule has 1 saturated heterocycles. The topological polar surface area (TPSA) is 58.6 Å². The molecule has 0 aliphatic carbocycles. The summed E-state index contributed by atoms with van der Waals surface area (Å²) in [6, 6.07) is 4.48. The van der Waals surface area contributed by atoms with Crippen LogP contribution in [0.4, 0.5) is 5.69 Å². The fourth-order valence-electron chi connectivity index (χ4n) is 2.37. The van der Waals surface area contributed by atoms with Crippen LogP contribution in [0.15, 0.2) is 18.2 Å². The van der Waals surface area contributed by atoms with Gasteiger partial charge in [-0.05, 0) is 38.5 Å². The average molecular weight is 311 g/mol. The van der Waals surface area contributed by atoms with E-state index in [1.807, 2.05) is 6.92 Å². The van der Waals surface area contributed by atoms with Gasteiger partial charge < -0.3 is 10.1 Å². The zero-order chi connectivity index (χ0) is 15.8. The van der Waals surface area contributed by atoms with Crippen LogP contribution in [-0.4, -0.2) is 30.5 Å². The first-order chi connectivity index (χ1) is 9.84. The lowest BCUT2D eigenvalue weighted by Crippen LogP contribution is -2.68. The van der Waals surface area contributed by atoms with E-state index in [0.29, 0.717) is 22.9 Å². The van der Waals surface area contributed by atoms with Gasteiger partial charge in [0.1, 0.15) is 17.3 Å². The van der Waals surface area contributed by atoms with E-state index in [1.54, 1.807) is 32.0 Å². The Morgan fingerprint density at radius 1 is 1.43 bits per heavy atom. The average Bonchev–Trinajstić information content (AvgIpc) is 2.46. The maximum atomic E-state index is 12.7. The molecule has 21 heavy (non-hydrogen) atoms. The number of hydrogen-bond acceptors (Lipinski definition) is 3. The Balaban J connectivity index is 2.46. The molecule has 1 aliphatic rings. The van der Waals surface area contributed by atoms with Gasteiger partial charge in [-0.1, -0.05) is 18.5 Å². The minimum Gasteiger partial charge on any atom is -0.495 e. The second-order valence-electron chi connectivity index (χ2n) is 5.34. The molecule has 0 saturated carbocycles. The van der Waals surface area contributed by atoms with Crippen LogP contribution in [0.25, 0.3) is 0 Å². The number of hydrogen-bond donors (Lipinski definition) is 1. The molecule has 1 N–H and O–H groups in total. The number of ether oxygens (including phenoxy) is 1. The quantitative estimate of drug-likeness (QED) is 0.932. The molecule has 1 heterocycles. The zero-order valence-corrected chi connectivity index (χ0v) is 13.3. The summed E-state index contributed by atoms with van der Waals surface area (Å²) in [4.78, 5) is 26.4. The molecule has 0 bridgehead atoms. The predicted molar refractivity (Wildman–Crippen MR) is 81.8 cm³/mol. The third kappa shape index (κ3) is 2.58. The number of methoxy groups -OCH3 is 1. The Labute approximate surface area is 129 Å². The Kier molecular flexibility index (Phi) is 4.14. The van der Waals surface area contributed by atoms with Crippen molar-refractivity contribution < 1.29 is 14.3 Å². The monoisotopic (exact) mass is 310 g/mol. The molecule has 1 fully saturated rings. The highest BCUT2D eigenvalue weighted by atomic mass is 35.5. The van der Waals surface area contributed by atoms with Crippen LogP contribution in [0.1, 0.15) is 27.2 Å². The number of amides is 2. The van der Waals surface area contributed by atoms with Gasteiger partial charge in [-0.25, -0.2) is 0 Å². The van der Waals surface area contributed by atoms with Gasteiger partial charge in [0.25, 0.3) is 5.91 Å². The van der Waals surface area contributed by atoms with Crippen LogP contribution < -0.4 is 15.0 Å². The summed E-state index contributed by atoms with van der Waals surface area (Å²) < 4.78 is 5.11. The van der Waals surface area contributed by atoms with Crippen LogP contribution >= 0.6 is 11.6 Å². The fraction of sp³-hybridized carbons (Fsp3) is 0.467. The summed E-state index contributed by atoms with van der Waals surface area (Å²) in [5, 5.41) is 3.19. The lowest BCUT2D eigenvalue weighted by Gasteiger charge is -2.43. The number of nitrogens with zero attached hydrogens (tertiary/aromatic N) is 1. The molecule has 114 valence electrons. The summed E-state index contributed by atoms with van der Waals surface area (Å²) in [5.74, 6) is 0.212. The molecule has 6 heteroatoms. The third-order valence-corrected chi connectivity index (χ3v) is 4.27. The first kappa shape index (κ1) is 15.6. The fourth-order valence-corrected chi connectivity index (χ4v) is 2.63. The Morgan fingerprint density at radius 2 is 2.10 bits per heavy atom. The van der Waals surface area contributed by atoms with Crippen LogP contribution in [0.5, 0.6) is 5.75 Å². The van der Waals surface area contributed by atoms with Gasteiger partial charge in [0.2, 0.25) is 5.91 Å². The molecule has 2 unspecified atom stereocenters. The molecule has 0 spiro atoms. The Bertz CT molecular complexity index is 590. The van der Waals surface area contributed by atoms with E-state index in [9.17, 15) is 9.59 Å². The summed E-state index contributed by atoms with van der Waals surface area (Å²) in [6.45, 7) is 5.30. The van der Waals surface area contributed by atoms with E-state index in [2.05, 4.69) is 5.32 Å². The minimum absolute atomic E-state index is 0.140. The molecule has 1 aliphatic heterocycles. The second kappa shape index (κ2) is 5.56. The van der Waals surface area contributed by atoms with E-state index in [-0.39, 0.29) is 11.8 Å². The van der Waals surface area contributed by atoms with E-state index in [0.717, 1.165) is 0 Å². The molecular weight excluding hydrogens is 292 g/mol. The molecule has 1 aromatic carbocycles. The van der Waals surface area contributed by atoms with Crippen molar-refractivity contribution in [3.8, 4) is 5.75 Å². The molecule has 2 atom stereocenters. The van der Waals surface area contributed by atoms with Crippen molar-refractivity contribution in [1.29, 1.82) is 0 Å². The first-order valence-electron chi connectivity index (χ1n) is 6.83. The molecule has 2 amide bonds. The SMILES string of the molecule is CCC1(C)NC(=O)C(C)N(c2ccc(OC)c(Cl)c2)C1=O. The smallest absolute Gasteiger partial charge is 0.253 e. The third-order valence-electron chi connectivity index (χ3n) is 3.98. The lowest BCUT2D eigenvalue weighted by molar-refractivity contribution is -0.137. The zero-order valence-electron chi connectivity index (χ0n) is 12.6. The lowest BCUT2D eigenvalue weighted by atomic mass is 9.92. The second-order valence-corrected chi connectivity index (χ2v) is 5.75. The number of rotatable bonds is 3. The van der Waals surface area contributed by atoms with Crippen molar-refractivity contribution in [3.63, 3.8) is 0 Å².